The summed E-state index contributed by atoms with van der Waals surface area (Å²) in [5.74, 6) is 0.519. The quantitative estimate of drug-likeness (QED) is 0.825. The maximum atomic E-state index is 11.7. The van der Waals surface area contributed by atoms with Crippen molar-refractivity contribution >= 4 is 5.91 Å². The highest BCUT2D eigenvalue weighted by Crippen LogP contribution is 2.14. The number of carbonyl (C=O) groups is 1. The molecular formula is C13H22N4O. The molecule has 0 radical (unpaired) electrons. The highest BCUT2D eigenvalue weighted by molar-refractivity contribution is 5.78. The molecule has 1 amide bonds. The number of hydrogen-bond acceptors (Lipinski definition) is 4. The molecule has 0 fully saturated rings. The third-order valence-corrected chi connectivity index (χ3v) is 2.79. The summed E-state index contributed by atoms with van der Waals surface area (Å²) in [5, 5.41) is 2.91. The fourth-order valence-electron chi connectivity index (χ4n) is 1.51. The number of carbonyl (C=O) groups excluding carboxylic acids is 1. The van der Waals surface area contributed by atoms with E-state index in [1.165, 1.54) is 6.33 Å². The molecule has 5 nitrogen and oxygen atoms in total. The lowest BCUT2D eigenvalue weighted by Crippen LogP contribution is -2.38. The van der Waals surface area contributed by atoms with Gasteiger partial charge in [-0.25, -0.2) is 9.97 Å². The SMILES string of the molecule is CC(C)CNC(=O)CN(C)C(C)c1ccncn1. The minimum atomic E-state index is 0.0482. The topological polar surface area (TPSA) is 58.1 Å². The first-order valence-corrected chi connectivity index (χ1v) is 6.23. The Labute approximate surface area is 109 Å². The minimum absolute atomic E-state index is 0.0482. The van der Waals surface area contributed by atoms with Gasteiger partial charge in [0, 0.05) is 18.8 Å². The predicted molar refractivity (Wildman–Crippen MR) is 70.9 cm³/mol. The molecular weight excluding hydrogens is 228 g/mol. The normalized spacial score (nSPS) is 12.8. The Balaban J connectivity index is 2.45. The fourth-order valence-corrected chi connectivity index (χ4v) is 1.51. The van der Waals surface area contributed by atoms with Gasteiger partial charge in [-0.05, 0) is 26.0 Å². The third kappa shape index (κ3) is 4.79. The van der Waals surface area contributed by atoms with Crippen molar-refractivity contribution in [3.63, 3.8) is 0 Å². The first-order valence-electron chi connectivity index (χ1n) is 6.23. The van der Waals surface area contributed by atoms with E-state index in [0.29, 0.717) is 19.0 Å². The zero-order valence-corrected chi connectivity index (χ0v) is 11.6. The van der Waals surface area contributed by atoms with Gasteiger partial charge < -0.3 is 5.32 Å². The van der Waals surface area contributed by atoms with Gasteiger partial charge in [-0.1, -0.05) is 13.8 Å². The molecule has 5 heteroatoms. The monoisotopic (exact) mass is 250 g/mol. The summed E-state index contributed by atoms with van der Waals surface area (Å²) in [6.45, 7) is 7.27. The summed E-state index contributed by atoms with van der Waals surface area (Å²) < 4.78 is 0. The molecule has 18 heavy (non-hydrogen) atoms. The van der Waals surface area contributed by atoms with Crippen molar-refractivity contribution in [2.45, 2.75) is 26.8 Å². The molecule has 1 unspecified atom stereocenters. The van der Waals surface area contributed by atoms with Gasteiger partial charge in [0.2, 0.25) is 5.91 Å². The van der Waals surface area contributed by atoms with Crippen molar-refractivity contribution in [1.82, 2.24) is 20.2 Å². The number of hydrogen-bond donors (Lipinski definition) is 1. The van der Waals surface area contributed by atoms with Crippen molar-refractivity contribution in [1.29, 1.82) is 0 Å². The molecule has 1 aromatic heterocycles. The standard InChI is InChI=1S/C13H22N4O/c1-10(2)7-15-13(18)8-17(4)11(3)12-5-6-14-9-16-12/h5-6,9-11H,7-8H2,1-4H3,(H,15,18). The second kappa shape index (κ2) is 7.06. The molecule has 0 saturated heterocycles. The molecule has 1 aromatic rings. The van der Waals surface area contributed by atoms with Crippen molar-refractivity contribution in [2.24, 2.45) is 5.92 Å². The van der Waals surface area contributed by atoms with Crippen LogP contribution in [0.25, 0.3) is 0 Å². The average Bonchev–Trinajstić information content (AvgIpc) is 2.36. The van der Waals surface area contributed by atoms with E-state index >= 15 is 0 Å². The second-order valence-corrected chi connectivity index (χ2v) is 4.92. The van der Waals surface area contributed by atoms with Crippen LogP contribution in [0, 0.1) is 5.92 Å². The van der Waals surface area contributed by atoms with E-state index in [9.17, 15) is 4.79 Å². The predicted octanol–water partition coefficient (Wildman–Crippen LogP) is 1.24. The second-order valence-electron chi connectivity index (χ2n) is 4.92. The van der Waals surface area contributed by atoms with Gasteiger partial charge in [0.1, 0.15) is 6.33 Å². The Morgan fingerprint density at radius 2 is 2.17 bits per heavy atom. The van der Waals surface area contributed by atoms with Crippen molar-refractivity contribution in [3.8, 4) is 0 Å². The van der Waals surface area contributed by atoms with Crippen LogP contribution in [-0.4, -0.2) is 40.9 Å². The Kier molecular flexibility index (Phi) is 5.71. The van der Waals surface area contributed by atoms with Crippen LogP contribution in [0.2, 0.25) is 0 Å². The zero-order chi connectivity index (χ0) is 13.5. The summed E-state index contributed by atoms with van der Waals surface area (Å²) in [6.07, 6.45) is 3.24. The Morgan fingerprint density at radius 1 is 1.44 bits per heavy atom. The lowest BCUT2D eigenvalue weighted by Gasteiger charge is -2.23. The maximum absolute atomic E-state index is 11.7. The summed E-state index contributed by atoms with van der Waals surface area (Å²) in [6, 6.07) is 1.96. The van der Waals surface area contributed by atoms with E-state index < -0.39 is 0 Å². The number of aromatic nitrogens is 2. The molecule has 100 valence electrons. The van der Waals surface area contributed by atoms with Crippen molar-refractivity contribution in [2.75, 3.05) is 20.1 Å². The smallest absolute Gasteiger partial charge is 0.234 e. The van der Waals surface area contributed by atoms with Crippen LogP contribution in [0.5, 0.6) is 0 Å². The van der Waals surface area contributed by atoms with E-state index in [4.69, 9.17) is 0 Å². The van der Waals surface area contributed by atoms with Gasteiger partial charge in [0.05, 0.1) is 12.2 Å². The third-order valence-electron chi connectivity index (χ3n) is 2.79. The molecule has 0 aliphatic heterocycles. The van der Waals surface area contributed by atoms with E-state index in [2.05, 4.69) is 29.1 Å². The molecule has 0 aliphatic rings. The van der Waals surface area contributed by atoms with Crippen LogP contribution in [0.1, 0.15) is 32.5 Å². The number of nitrogens with one attached hydrogen (secondary N) is 1. The highest BCUT2D eigenvalue weighted by Gasteiger charge is 2.15. The summed E-state index contributed by atoms with van der Waals surface area (Å²) >= 11 is 0. The van der Waals surface area contributed by atoms with Crippen LogP contribution in [0.3, 0.4) is 0 Å². The van der Waals surface area contributed by atoms with Gasteiger partial charge in [0.25, 0.3) is 0 Å². The molecule has 1 rings (SSSR count). The van der Waals surface area contributed by atoms with Crippen LogP contribution in [0.4, 0.5) is 0 Å². The molecule has 0 aliphatic carbocycles. The number of amides is 1. The first kappa shape index (κ1) is 14.6. The average molecular weight is 250 g/mol. The van der Waals surface area contributed by atoms with Crippen LogP contribution < -0.4 is 5.32 Å². The number of rotatable bonds is 6. The van der Waals surface area contributed by atoms with E-state index in [-0.39, 0.29) is 11.9 Å². The van der Waals surface area contributed by atoms with E-state index in [1.807, 2.05) is 24.9 Å². The van der Waals surface area contributed by atoms with Gasteiger partial charge >= 0.3 is 0 Å². The molecule has 0 aromatic carbocycles. The number of likely N-dealkylation sites (N-methyl/N-ethyl adjacent to an activating group) is 1. The van der Waals surface area contributed by atoms with Gasteiger partial charge in [-0.15, -0.1) is 0 Å². The largest absolute Gasteiger partial charge is 0.355 e. The lowest BCUT2D eigenvalue weighted by molar-refractivity contribution is -0.122. The van der Waals surface area contributed by atoms with E-state index in [1.54, 1.807) is 6.20 Å². The Bertz CT molecular complexity index is 367. The molecule has 1 N–H and O–H groups in total. The summed E-state index contributed by atoms with van der Waals surface area (Å²) in [5.41, 5.74) is 0.921. The van der Waals surface area contributed by atoms with Crippen LogP contribution in [-0.2, 0) is 4.79 Å². The summed E-state index contributed by atoms with van der Waals surface area (Å²) in [7, 11) is 1.92. The van der Waals surface area contributed by atoms with Gasteiger partial charge in [0.15, 0.2) is 0 Å². The summed E-state index contributed by atoms with van der Waals surface area (Å²) in [4.78, 5) is 21.8. The molecule has 1 atom stereocenters. The number of nitrogens with zero attached hydrogens (tertiary/aromatic N) is 3. The zero-order valence-electron chi connectivity index (χ0n) is 11.6. The molecule has 0 saturated carbocycles. The van der Waals surface area contributed by atoms with E-state index in [0.717, 1.165) is 5.69 Å². The van der Waals surface area contributed by atoms with Crippen molar-refractivity contribution in [3.05, 3.63) is 24.3 Å². The molecule has 0 bridgehead atoms. The lowest BCUT2D eigenvalue weighted by atomic mass is 10.2. The van der Waals surface area contributed by atoms with Crippen molar-refractivity contribution < 1.29 is 4.79 Å². The Morgan fingerprint density at radius 3 is 2.72 bits per heavy atom. The molecule has 1 heterocycles. The van der Waals surface area contributed by atoms with Gasteiger partial charge in [-0.2, -0.15) is 0 Å². The molecule has 0 spiro atoms. The maximum Gasteiger partial charge on any atom is 0.234 e. The Hall–Kier alpha value is -1.49. The minimum Gasteiger partial charge on any atom is -0.355 e. The van der Waals surface area contributed by atoms with Crippen LogP contribution >= 0.6 is 0 Å². The fraction of sp³-hybridized carbons (Fsp3) is 0.615. The van der Waals surface area contributed by atoms with Gasteiger partial charge in [-0.3, -0.25) is 9.69 Å². The first-order chi connectivity index (χ1) is 8.50. The highest BCUT2D eigenvalue weighted by atomic mass is 16.2. The van der Waals surface area contributed by atoms with Crippen LogP contribution in [0.15, 0.2) is 18.6 Å².